The summed E-state index contributed by atoms with van der Waals surface area (Å²) in [5.41, 5.74) is 3.14. The van der Waals surface area contributed by atoms with Crippen molar-refractivity contribution in [2.24, 2.45) is 0 Å². The number of alkyl halides is 2. The van der Waals surface area contributed by atoms with Crippen molar-refractivity contribution in [3.8, 4) is 5.75 Å². The summed E-state index contributed by atoms with van der Waals surface area (Å²) in [5, 5.41) is 6.88. The number of methoxy groups -OCH3 is 1. The largest absolute Gasteiger partial charge is 0.497 e. The van der Waals surface area contributed by atoms with E-state index in [1.165, 1.54) is 4.90 Å². The van der Waals surface area contributed by atoms with Crippen molar-refractivity contribution < 1.29 is 23.1 Å². The average molecular weight is 524 g/mol. The lowest BCUT2D eigenvalue weighted by molar-refractivity contribution is -0.145. The first-order valence-electron chi connectivity index (χ1n) is 12.8. The lowest BCUT2D eigenvalue weighted by Crippen LogP contribution is -2.55. The fourth-order valence-electron chi connectivity index (χ4n) is 5.50. The second kappa shape index (κ2) is 10.8. The highest BCUT2D eigenvalue weighted by Crippen LogP contribution is 2.40. The van der Waals surface area contributed by atoms with Crippen LogP contribution in [0.3, 0.4) is 0 Å². The maximum Gasteiger partial charge on any atom is 0.325 e. The van der Waals surface area contributed by atoms with Gasteiger partial charge >= 0.3 is 12.5 Å². The Labute approximate surface area is 220 Å². The van der Waals surface area contributed by atoms with Gasteiger partial charge in [-0.2, -0.15) is 13.9 Å². The third-order valence-electron chi connectivity index (χ3n) is 7.62. The van der Waals surface area contributed by atoms with E-state index >= 15 is 0 Å². The van der Waals surface area contributed by atoms with Gasteiger partial charge < -0.3 is 14.5 Å². The number of hydrogen-bond acceptors (Lipinski definition) is 4. The molecule has 1 N–H and O–H groups in total. The SMILES string of the molecule is COc1cccc(CN2C(=O)N(C3=C/CC/C=C(c4cn[nH]c4)/C=C\3)CC23CCN(C(=O)C(F)F)CC3)c1. The van der Waals surface area contributed by atoms with Gasteiger partial charge in [0, 0.05) is 37.1 Å². The van der Waals surface area contributed by atoms with E-state index in [1.807, 2.05) is 47.5 Å². The molecule has 1 aliphatic carbocycles. The number of halogens is 2. The molecule has 0 unspecified atom stereocenters. The van der Waals surface area contributed by atoms with Crippen molar-refractivity contribution in [2.45, 2.75) is 44.2 Å². The number of piperidine rings is 1. The number of carbonyl (C=O) groups excluding carboxylic acids is 2. The van der Waals surface area contributed by atoms with E-state index in [1.54, 1.807) is 18.2 Å². The molecule has 0 bridgehead atoms. The molecule has 0 radical (unpaired) electrons. The summed E-state index contributed by atoms with van der Waals surface area (Å²) in [4.78, 5) is 30.8. The number of aromatic nitrogens is 2. The van der Waals surface area contributed by atoms with E-state index in [-0.39, 0.29) is 19.1 Å². The summed E-state index contributed by atoms with van der Waals surface area (Å²) in [6.07, 6.45) is 11.2. The molecule has 8 nitrogen and oxygen atoms in total. The lowest BCUT2D eigenvalue weighted by Gasteiger charge is -2.43. The molecular weight excluding hydrogens is 492 g/mol. The van der Waals surface area contributed by atoms with Crippen LogP contribution < -0.4 is 4.74 Å². The Morgan fingerprint density at radius 1 is 1.18 bits per heavy atom. The van der Waals surface area contributed by atoms with Crippen molar-refractivity contribution in [2.75, 3.05) is 26.7 Å². The van der Waals surface area contributed by atoms with Crippen LogP contribution in [0.2, 0.25) is 0 Å². The van der Waals surface area contributed by atoms with Crippen molar-refractivity contribution in [1.29, 1.82) is 0 Å². The number of nitrogens with zero attached hydrogens (tertiary/aromatic N) is 4. The van der Waals surface area contributed by atoms with Gasteiger partial charge in [0.05, 0.1) is 25.4 Å². The summed E-state index contributed by atoms with van der Waals surface area (Å²) in [6.45, 7) is 1.14. The van der Waals surface area contributed by atoms with Crippen molar-refractivity contribution in [3.63, 3.8) is 0 Å². The molecule has 1 aromatic heterocycles. The predicted octanol–water partition coefficient (Wildman–Crippen LogP) is 4.60. The van der Waals surface area contributed by atoms with E-state index in [2.05, 4.69) is 22.3 Å². The van der Waals surface area contributed by atoms with Crippen LogP contribution in [-0.2, 0) is 11.3 Å². The smallest absolute Gasteiger partial charge is 0.325 e. The monoisotopic (exact) mass is 523 g/mol. The topological polar surface area (TPSA) is 81.8 Å². The Kier molecular flexibility index (Phi) is 7.31. The minimum Gasteiger partial charge on any atom is -0.497 e. The van der Waals surface area contributed by atoms with Gasteiger partial charge in [-0.15, -0.1) is 0 Å². The zero-order chi connectivity index (χ0) is 26.7. The number of H-pyrrole nitrogens is 1. The quantitative estimate of drug-likeness (QED) is 0.600. The van der Waals surface area contributed by atoms with E-state index in [9.17, 15) is 18.4 Å². The van der Waals surface area contributed by atoms with Crippen molar-refractivity contribution >= 4 is 17.5 Å². The first-order chi connectivity index (χ1) is 18.4. The number of aromatic amines is 1. The number of likely N-dealkylation sites (tertiary alicyclic amines) is 1. The summed E-state index contributed by atoms with van der Waals surface area (Å²) in [6, 6.07) is 7.44. The van der Waals surface area contributed by atoms with Crippen LogP contribution in [0.25, 0.3) is 5.57 Å². The molecule has 2 saturated heterocycles. The molecule has 10 heteroatoms. The number of benzene rings is 1. The van der Waals surface area contributed by atoms with Gasteiger partial charge in [0.25, 0.3) is 5.91 Å². The summed E-state index contributed by atoms with van der Waals surface area (Å²) in [5.74, 6) is -0.453. The number of hydrogen-bond donors (Lipinski definition) is 1. The molecule has 2 aliphatic heterocycles. The van der Waals surface area contributed by atoms with Crippen LogP contribution in [0.1, 0.15) is 36.8 Å². The number of rotatable bonds is 6. The molecular formula is C28H31F2N5O3. The lowest BCUT2D eigenvalue weighted by atomic mass is 9.86. The van der Waals surface area contributed by atoms with Crippen molar-refractivity contribution in [3.05, 3.63) is 77.8 Å². The van der Waals surface area contributed by atoms with E-state index < -0.39 is 17.9 Å². The zero-order valence-electron chi connectivity index (χ0n) is 21.3. The Morgan fingerprint density at radius 3 is 2.68 bits per heavy atom. The zero-order valence-corrected chi connectivity index (χ0v) is 21.3. The molecule has 1 aromatic carbocycles. The molecule has 3 heterocycles. The van der Waals surface area contributed by atoms with E-state index in [0.717, 1.165) is 35.2 Å². The highest BCUT2D eigenvalue weighted by Gasteiger charge is 2.52. The molecule has 0 atom stereocenters. The third-order valence-corrected chi connectivity index (χ3v) is 7.62. The first kappa shape index (κ1) is 25.7. The number of carbonyl (C=O) groups is 2. The van der Waals surface area contributed by atoms with Crippen molar-refractivity contribution in [1.82, 2.24) is 24.9 Å². The predicted molar refractivity (Wildman–Crippen MR) is 138 cm³/mol. The average Bonchev–Trinajstić information content (AvgIpc) is 3.53. The van der Waals surface area contributed by atoms with Crippen LogP contribution in [-0.4, -0.2) is 75.5 Å². The molecule has 5 rings (SSSR count). The number of nitrogens with one attached hydrogen (secondary N) is 1. The van der Waals surface area contributed by atoms with Crippen LogP contribution >= 0.6 is 0 Å². The molecule has 38 heavy (non-hydrogen) atoms. The van der Waals surface area contributed by atoms with Gasteiger partial charge in [-0.1, -0.05) is 30.4 Å². The highest BCUT2D eigenvalue weighted by atomic mass is 19.3. The third kappa shape index (κ3) is 5.07. The fourth-order valence-corrected chi connectivity index (χ4v) is 5.50. The normalized spacial score (nSPS) is 23.1. The second-order valence-corrected chi connectivity index (χ2v) is 9.84. The van der Waals surface area contributed by atoms with E-state index in [4.69, 9.17) is 4.74 Å². The molecule has 200 valence electrons. The maximum absolute atomic E-state index is 14.0. The Morgan fingerprint density at radius 2 is 1.97 bits per heavy atom. The van der Waals surface area contributed by atoms with E-state index in [0.29, 0.717) is 31.7 Å². The van der Waals surface area contributed by atoms with Crippen LogP contribution in [0, 0.1) is 0 Å². The Bertz CT molecular complexity index is 1260. The molecule has 2 fully saturated rings. The Hall–Kier alpha value is -3.95. The fraction of sp³-hybridized carbons (Fsp3) is 0.393. The van der Waals surface area contributed by atoms with Gasteiger partial charge in [0.1, 0.15) is 5.75 Å². The van der Waals surface area contributed by atoms with Gasteiger partial charge in [0.15, 0.2) is 0 Å². The minimum absolute atomic E-state index is 0.133. The molecule has 0 saturated carbocycles. The summed E-state index contributed by atoms with van der Waals surface area (Å²) in [7, 11) is 1.60. The standard InChI is InChI=1S/C28H31F2N5O3/c1-38-24-8-4-5-20(15-24)18-35-27(37)34(19-28(35)11-13-33(14-12-28)26(36)25(29)30)23-7-3-2-6-21(9-10-23)22-16-31-32-17-22/h4-10,15-17,25H,2-3,11-14,18-19H2,1H3,(H,31,32)/b10-9-,21-6-,23-7+. The first-order valence-corrected chi connectivity index (χ1v) is 12.8. The highest BCUT2D eigenvalue weighted by molar-refractivity contribution is 5.82. The van der Waals surface area contributed by atoms with Crippen LogP contribution in [0.5, 0.6) is 5.75 Å². The van der Waals surface area contributed by atoms with Gasteiger partial charge in [-0.3, -0.25) is 14.8 Å². The van der Waals surface area contributed by atoms with Gasteiger partial charge in [0.2, 0.25) is 0 Å². The summed E-state index contributed by atoms with van der Waals surface area (Å²) < 4.78 is 31.5. The molecule has 3 amide bonds. The number of allylic oxidation sites excluding steroid dienone is 5. The van der Waals surface area contributed by atoms with Crippen LogP contribution in [0.15, 0.2) is 66.7 Å². The number of urea groups is 1. The maximum atomic E-state index is 14.0. The molecule has 1 spiro atoms. The van der Waals surface area contributed by atoms with Crippen LogP contribution in [0.4, 0.5) is 13.6 Å². The second-order valence-electron chi connectivity index (χ2n) is 9.84. The molecule has 2 aromatic rings. The van der Waals surface area contributed by atoms with Gasteiger partial charge in [-0.25, -0.2) is 4.79 Å². The number of ether oxygens (including phenoxy) is 1. The van der Waals surface area contributed by atoms with Gasteiger partial charge in [-0.05, 0) is 55.0 Å². The Balaban J connectivity index is 1.43. The summed E-state index contributed by atoms with van der Waals surface area (Å²) >= 11 is 0. The molecule has 3 aliphatic rings. The number of amides is 3. The minimum atomic E-state index is -3.03.